The van der Waals surface area contributed by atoms with E-state index in [0.29, 0.717) is 32.7 Å². The number of piperidine rings is 1. The van der Waals surface area contributed by atoms with Crippen LogP contribution in [-0.2, 0) is 16.1 Å². The molecule has 1 N–H and O–H groups in total. The maximum atomic E-state index is 12.8. The zero-order valence-corrected chi connectivity index (χ0v) is 16.1. The van der Waals surface area contributed by atoms with Crippen LogP contribution in [0.15, 0.2) is 6.33 Å². The van der Waals surface area contributed by atoms with Crippen LogP contribution in [0.3, 0.4) is 0 Å². The first kappa shape index (κ1) is 19.6. The van der Waals surface area contributed by atoms with Gasteiger partial charge in [0.1, 0.15) is 6.33 Å². The molecule has 0 aromatic carbocycles. The number of hydrogen-bond acceptors (Lipinski definition) is 6. The van der Waals surface area contributed by atoms with Gasteiger partial charge in [0.05, 0.1) is 13.2 Å². The molecule has 2 heterocycles. The lowest BCUT2D eigenvalue weighted by Crippen LogP contribution is -2.48. The molecule has 1 saturated carbocycles. The summed E-state index contributed by atoms with van der Waals surface area (Å²) >= 11 is 0. The first-order chi connectivity index (χ1) is 13.1. The van der Waals surface area contributed by atoms with E-state index in [-0.39, 0.29) is 23.5 Å². The van der Waals surface area contributed by atoms with Crippen molar-refractivity contribution in [3.63, 3.8) is 0 Å². The van der Waals surface area contributed by atoms with Crippen LogP contribution in [0.4, 0.5) is 4.79 Å². The molecule has 9 nitrogen and oxygen atoms in total. The SMILES string of the molecule is CCOC(=O)N1CCC(NC(=O)CC2(Cn3cnnn3)CCCCC2)CC1. The molecule has 150 valence electrons. The number of carbonyl (C=O) groups excluding carboxylic acids is 2. The van der Waals surface area contributed by atoms with Crippen LogP contribution >= 0.6 is 0 Å². The molecule has 1 saturated heterocycles. The number of rotatable bonds is 6. The average Bonchev–Trinajstić information content (AvgIpc) is 3.15. The Morgan fingerprint density at radius 3 is 2.59 bits per heavy atom. The molecule has 1 aromatic heterocycles. The van der Waals surface area contributed by atoms with Crippen LogP contribution in [0.25, 0.3) is 0 Å². The summed E-state index contributed by atoms with van der Waals surface area (Å²) in [4.78, 5) is 26.2. The number of carbonyl (C=O) groups is 2. The summed E-state index contributed by atoms with van der Waals surface area (Å²) in [7, 11) is 0. The molecule has 2 amide bonds. The second-order valence-corrected chi connectivity index (χ2v) is 7.77. The van der Waals surface area contributed by atoms with E-state index in [2.05, 4.69) is 20.8 Å². The number of tetrazole rings is 1. The van der Waals surface area contributed by atoms with Crippen molar-refractivity contribution in [2.24, 2.45) is 5.41 Å². The fourth-order valence-electron chi connectivity index (χ4n) is 4.33. The van der Waals surface area contributed by atoms with Crippen LogP contribution in [0.5, 0.6) is 0 Å². The highest BCUT2D eigenvalue weighted by Gasteiger charge is 2.36. The van der Waals surface area contributed by atoms with Gasteiger partial charge < -0.3 is 15.0 Å². The fraction of sp³-hybridized carbons (Fsp3) is 0.833. The molecule has 3 rings (SSSR count). The predicted molar refractivity (Wildman–Crippen MR) is 97.7 cm³/mol. The van der Waals surface area contributed by atoms with E-state index in [0.717, 1.165) is 38.5 Å². The van der Waals surface area contributed by atoms with Crippen molar-refractivity contribution < 1.29 is 14.3 Å². The van der Waals surface area contributed by atoms with Gasteiger partial charge in [-0.3, -0.25) is 4.79 Å². The number of nitrogens with one attached hydrogen (secondary N) is 1. The first-order valence-corrected chi connectivity index (χ1v) is 10.0. The number of nitrogens with zero attached hydrogens (tertiary/aromatic N) is 5. The molecule has 0 atom stereocenters. The summed E-state index contributed by atoms with van der Waals surface area (Å²) in [5.74, 6) is 0.0968. The maximum Gasteiger partial charge on any atom is 0.409 e. The third-order valence-corrected chi connectivity index (χ3v) is 5.72. The minimum atomic E-state index is -0.259. The van der Waals surface area contributed by atoms with Gasteiger partial charge in [-0.15, -0.1) is 5.10 Å². The normalized spacial score (nSPS) is 20.3. The molecule has 0 unspecified atom stereocenters. The van der Waals surface area contributed by atoms with Crippen molar-refractivity contribution in [2.75, 3.05) is 19.7 Å². The van der Waals surface area contributed by atoms with E-state index in [1.165, 1.54) is 6.42 Å². The number of aromatic nitrogens is 4. The van der Waals surface area contributed by atoms with Crippen LogP contribution in [0.1, 0.15) is 58.3 Å². The summed E-state index contributed by atoms with van der Waals surface area (Å²) < 4.78 is 6.79. The van der Waals surface area contributed by atoms with E-state index >= 15 is 0 Å². The Morgan fingerprint density at radius 2 is 1.96 bits per heavy atom. The van der Waals surface area contributed by atoms with Crippen LogP contribution in [0.2, 0.25) is 0 Å². The smallest absolute Gasteiger partial charge is 0.409 e. The second kappa shape index (κ2) is 9.14. The van der Waals surface area contributed by atoms with E-state index in [4.69, 9.17) is 4.74 Å². The Balaban J connectivity index is 1.50. The van der Waals surface area contributed by atoms with Crippen molar-refractivity contribution in [2.45, 2.75) is 70.9 Å². The third kappa shape index (κ3) is 5.40. The highest BCUT2D eigenvalue weighted by molar-refractivity contribution is 5.77. The van der Waals surface area contributed by atoms with Crippen LogP contribution in [0, 0.1) is 5.41 Å². The Labute approximate surface area is 159 Å². The van der Waals surface area contributed by atoms with Gasteiger partial charge in [0.15, 0.2) is 0 Å². The van der Waals surface area contributed by atoms with Gasteiger partial charge >= 0.3 is 6.09 Å². The van der Waals surface area contributed by atoms with Gasteiger partial charge in [0.2, 0.25) is 5.91 Å². The molecule has 1 aliphatic carbocycles. The molecule has 2 aliphatic rings. The average molecular weight is 378 g/mol. The van der Waals surface area contributed by atoms with Crippen molar-refractivity contribution in [3.8, 4) is 0 Å². The van der Waals surface area contributed by atoms with E-state index in [1.54, 1.807) is 22.8 Å². The molecule has 2 fully saturated rings. The van der Waals surface area contributed by atoms with Gasteiger partial charge in [0, 0.05) is 25.6 Å². The molecular weight excluding hydrogens is 348 g/mol. The summed E-state index contributed by atoms with van der Waals surface area (Å²) in [6.07, 6.45) is 8.99. The Bertz CT molecular complexity index is 607. The third-order valence-electron chi connectivity index (χ3n) is 5.72. The van der Waals surface area contributed by atoms with E-state index < -0.39 is 0 Å². The van der Waals surface area contributed by atoms with Gasteiger partial charge in [-0.2, -0.15) is 0 Å². The zero-order valence-electron chi connectivity index (χ0n) is 16.1. The molecule has 9 heteroatoms. The second-order valence-electron chi connectivity index (χ2n) is 7.77. The summed E-state index contributed by atoms with van der Waals surface area (Å²) in [5, 5.41) is 14.6. The van der Waals surface area contributed by atoms with Crippen molar-refractivity contribution in [1.82, 2.24) is 30.4 Å². The number of hydrogen-bond donors (Lipinski definition) is 1. The number of likely N-dealkylation sites (tertiary alicyclic amines) is 1. The van der Waals surface area contributed by atoms with Gasteiger partial charge in [-0.05, 0) is 48.4 Å². The molecule has 1 aromatic rings. The van der Waals surface area contributed by atoms with E-state index in [1.807, 2.05) is 0 Å². The summed E-state index contributed by atoms with van der Waals surface area (Å²) in [5.41, 5.74) is -0.0661. The van der Waals surface area contributed by atoms with Crippen molar-refractivity contribution in [1.29, 1.82) is 0 Å². The van der Waals surface area contributed by atoms with Gasteiger partial charge in [-0.25, -0.2) is 9.48 Å². The Hall–Kier alpha value is -2.19. The van der Waals surface area contributed by atoms with Crippen LogP contribution < -0.4 is 5.32 Å². The first-order valence-electron chi connectivity index (χ1n) is 10.0. The highest BCUT2D eigenvalue weighted by atomic mass is 16.6. The number of ether oxygens (including phenoxy) is 1. The highest BCUT2D eigenvalue weighted by Crippen LogP contribution is 2.40. The number of amides is 2. The fourth-order valence-corrected chi connectivity index (χ4v) is 4.33. The van der Waals surface area contributed by atoms with Gasteiger partial charge in [-0.1, -0.05) is 19.3 Å². The molecular formula is C18H30N6O3. The van der Waals surface area contributed by atoms with E-state index in [9.17, 15) is 9.59 Å². The zero-order chi connectivity index (χ0) is 19.1. The summed E-state index contributed by atoms with van der Waals surface area (Å²) in [6, 6.07) is 0.122. The lowest BCUT2D eigenvalue weighted by atomic mass is 9.71. The lowest BCUT2D eigenvalue weighted by Gasteiger charge is -2.37. The summed E-state index contributed by atoms with van der Waals surface area (Å²) in [6.45, 7) is 4.13. The molecule has 27 heavy (non-hydrogen) atoms. The molecule has 0 bridgehead atoms. The molecule has 1 aliphatic heterocycles. The lowest BCUT2D eigenvalue weighted by molar-refractivity contribution is -0.125. The standard InChI is InChI=1S/C18H30N6O3/c1-2-27-17(26)23-10-6-15(7-11-23)20-16(25)12-18(8-4-3-5-9-18)13-24-14-19-21-22-24/h14-15H,2-13H2,1H3,(H,20,25). The predicted octanol–water partition coefficient (Wildman–Crippen LogP) is 1.75. The minimum Gasteiger partial charge on any atom is -0.450 e. The van der Waals surface area contributed by atoms with Gasteiger partial charge in [0.25, 0.3) is 0 Å². The van der Waals surface area contributed by atoms with Crippen molar-refractivity contribution >= 4 is 12.0 Å². The minimum absolute atomic E-state index is 0.0661. The largest absolute Gasteiger partial charge is 0.450 e. The molecule has 0 spiro atoms. The maximum absolute atomic E-state index is 12.8. The van der Waals surface area contributed by atoms with Crippen LogP contribution in [-0.4, -0.2) is 62.8 Å². The van der Waals surface area contributed by atoms with Crippen molar-refractivity contribution in [3.05, 3.63) is 6.33 Å². The Morgan fingerprint density at radius 1 is 1.22 bits per heavy atom. The topological polar surface area (TPSA) is 102 Å². The Kier molecular flexibility index (Phi) is 6.63. The monoisotopic (exact) mass is 378 g/mol. The molecule has 0 radical (unpaired) electrons. The quantitative estimate of drug-likeness (QED) is 0.809.